The first-order chi connectivity index (χ1) is 6.45. The number of rotatable bonds is 5. The molecule has 0 bridgehead atoms. The lowest BCUT2D eigenvalue weighted by Crippen LogP contribution is -2.38. The molecule has 3 N–H and O–H groups in total. The van der Waals surface area contributed by atoms with Crippen LogP contribution in [-0.2, 0) is 0 Å². The Balaban J connectivity index is 3.32. The van der Waals surface area contributed by atoms with E-state index in [1.807, 2.05) is 11.8 Å². The van der Waals surface area contributed by atoms with Crippen molar-refractivity contribution in [2.45, 2.75) is 25.5 Å². The highest BCUT2D eigenvalue weighted by atomic mass is 32.2. The van der Waals surface area contributed by atoms with E-state index in [9.17, 15) is 0 Å². The van der Waals surface area contributed by atoms with Gasteiger partial charge in [-0.3, -0.25) is 0 Å². The maximum Gasteiger partial charge on any atom is 0.166 e. The van der Waals surface area contributed by atoms with Gasteiger partial charge in [-0.2, -0.15) is 11.8 Å². The lowest BCUT2D eigenvalue weighted by molar-refractivity contribution is 0.300. The standard InChI is InChI=1S/C9H20N2OS2/c1-9(2,3)14-7-5-11-8(13)10-4-6-12/h12H,4-7H2,1-3H3,(H2,10,11,13). The van der Waals surface area contributed by atoms with Gasteiger partial charge in [0.1, 0.15) is 0 Å². The summed E-state index contributed by atoms with van der Waals surface area (Å²) in [6.45, 7) is 8.07. The van der Waals surface area contributed by atoms with Crippen molar-refractivity contribution in [1.82, 2.24) is 10.6 Å². The Hall–Kier alpha value is -0.0000000000000000486. The summed E-state index contributed by atoms with van der Waals surface area (Å²) in [5.41, 5.74) is 0. The number of hydrogen-bond donors (Lipinski definition) is 3. The highest BCUT2D eigenvalue weighted by Gasteiger charge is 2.09. The predicted octanol–water partition coefficient (Wildman–Crippen LogP) is 0.974. The van der Waals surface area contributed by atoms with Crippen LogP contribution in [0.15, 0.2) is 0 Å². The van der Waals surface area contributed by atoms with Crippen molar-refractivity contribution in [3.05, 3.63) is 0 Å². The van der Waals surface area contributed by atoms with E-state index >= 15 is 0 Å². The van der Waals surface area contributed by atoms with Crippen molar-refractivity contribution in [3.63, 3.8) is 0 Å². The molecule has 0 heterocycles. The first-order valence-electron chi connectivity index (χ1n) is 4.72. The minimum Gasteiger partial charge on any atom is -0.395 e. The number of nitrogens with one attached hydrogen (secondary N) is 2. The van der Waals surface area contributed by atoms with Crippen molar-refractivity contribution in [1.29, 1.82) is 0 Å². The fourth-order valence-corrected chi connectivity index (χ4v) is 1.77. The van der Waals surface area contributed by atoms with E-state index in [2.05, 4.69) is 31.4 Å². The van der Waals surface area contributed by atoms with E-state index in [4.69, 9.17) is 17.3 Å². The zero-order valence-electron chi connectivity index (χ0n) is 9.09. The van der Waals surface area contributed by atoms with Crippen molar-refractivity contribution < 1.29 is 5.11 Å². The summed E-state index contributed by atoms with van der Waals surface area (Å²) in [6.07, 6.45) is 0. The maximum atomic E-state index is 8.54. The molecule has 0 rings (SSSR count). The zero-order valence-corrected chi connectivity index (χ0v) is 10.7. The molecule has 0 aliphatic carbocycles. The Morgan fingerprint density at radius 1 is 1.29 bits per heavy atom. The molecule has 0 atom stereocenters. The Kier molecular flexibility index (Phi) is 7.31. The van der Waals surface area contributed by atoms with Crippen LogP contribution in [0.2, 0.25) is 0 Å². The van der Waals surface area contributed by atoms with Gasteiger partial charge in [0.05, 0.1) is 6.61 Å². The summed E-state index contributed by atoms with van der Waals surface area (Å²) in [6, 6.07) is 0. The third-order valence-electron chi connectivity index (χ3n) is 1.32. The molecule has 5 heteroatoms. The van der Waals surface area contributed by atoms with E-state index in [-0.39, 0.29) is 6.61 Å². The van der Waals surface area contributed by atoms with Gasteiger partial charge in [0, 0.05) is 23.6 Å². The van der Waals surface area contributed by atoms with Gasteiger partial charge in [0.15, 0.2) is 5.11 Å². The molecule has 0 unspecified atom stereocenters. The fourth-order valence-electron chi connectivity index (χ4n) is 0.754. The van der Waals surface area contributed by atoms with E-state index in [1.54, 1.807) is 0 Å². The molecule has 0 fully saturated rings. The summed E-state index contributed by atoms with van der Waals surface area (Å²) < 4.78 is 0.307. The summed E-state index contributed by atoms with van der Waals surface area (Å²) in [4.78, 5) is 0. The quantitative estimate of drug-likeness (QED) is 0.490. The van der Waals surface area contributed by atoms with Crippen LogP contribution in [0, 0.1) is 0 Å². The van der Waals surface area contributed by atoms with Crippen LogP contribution in [0.25, 0.3) is 0 Å². The SMILES string of the molecule is CC(C)(C)SCCNC(=S)NCCO. The van der Waals surface area contributed by atoms with Crippen molar-refractivity contribution in [3.8, 4) is 0 Å². The number of thioether (sulfide) groups is 1. The highest BCUT2D eigenvalue weighted by Crippen LogP contribution is 2.21. The van der Waals surface area contributed by atoms with E-state index in [1.165, 1.54) is 0 Å². The molecule has 0 amide bonds. The second-order valence-electron chi connectivity index (χ2n) is 3.87. The van der Waals surface area contributed by atoms with E-state index in [0.29, 0.717) is 16.4 Å². The second-order valence-corrected chi connectivity index (χ2v) is 6.20. The van der Waals surface area contributed by atoms with Gasteiger partial charge in [-0.15, -0.1) is 0 Å². The molecule has 3 nitrogen and oxygen atoms in total. The summed E-state index contributed by atoms with van der Waals surface area (Å²) >= 11 is 6.88. The van der Waals surface area contributed by atoms with Crippen LogP contribution < -0.4 is 10.6 Å². The molecule has 0 aliphatic heterocycles. The van der Waals surface area contributed by atoms with Crippen LogP contribution in [0.4, 0.5) is 0 Å². The van der Waals surface area contributed by atoms with Gasteiger partial charge in [0.2, 0.25) is 0 Å². The molecular weight excluding hydrogens is 216 g/mol. The molecule has 0 aliphatic rings. The Bertz CT molecular complexity index is 169. The highest BCUT2D eigenvalue weighted by molar-refractivity contribution is 8.00. The zero-order chi connectivity index (χ0) is 11.0. The third-order valence-corrected chi connectivity index (χ3v) is 2.88. The maximum absolute atomic E-state index is 8.54. The van der Waals surface area contributed by atoms with Crippen LogP contribution >= 0.6 is 24.0 Å². The largest absolute Gasteiger partial charge is 0.395 e. The summed E-state index contributed by atoms with van der Waals surface area (Å²) in [5, 5.41) is 15.1. The van der Waals surface area contributed by atoms with Crippen LogP contribution in [0.5, 0.6) is 0 Å². The van der Waals surface area contributed by atoms with Gasteiger partial charge >= 0.3 is 0 Å². The minimum atomic E-state index is 0.110. The molecule has 0 radical (unpaired) electrons. The molecule has 14 heavy (non-hydrogen) atoms. The number of aliphatic hydroxyl groups excluding tert-OH is 1. The van der Waals surface area contributed by atoms with Crippen molar-refractivity contribution in [2.75, 3.05) is 25.4 Å². The van der Waals surface area contributed by atoms with Crippen LogP contribution in [-0.4, -0.2) is 40.4 Å². The molecular formula is C9H20N2OS2. The van der Waals surface area contributed by atoms with Gasteiger partial charge in [0.25, 0.3) is 0 Å². The lowest BCUT2D eigenvalue weighted by atomic mass is 10.3. The van der Waals surface area contributed by atoms with Crippen molar-refractivity contribution in [2.24, 2.45) is 0 Å². The molecule has 0 saturated carbocycles. The van der Waals surface area contributed by atoms with Crippen molar-refractivity contribution >= 4 is 29.1 Å². The third kappa shape index (κ3) is 10.1. The molecule has 0 spiro atoms. The Morgan fingerprint density at radius 3 is 2.36 bits per heavy atom. The molecule has 0 aromatic heterocycles. The van der Waals surface area contributed by atoms with Gasteiger partial charge in [-0.1, -0.05) is 20.8 Å². The summed E-state index contributed by atoms with van der Waals surface area (Å²) in [5.74, 6) is 1.03. The van der Waals surface area contributed by atoms with Gasteiger partial charge in [-0.05, 0) is 12.2 Å². The number of hydrogen-bond acceptors (Lipinski definition) is 3. The average molecular weight is 236 g/mol. The van der Waals surface area contributed by atoms with Crippen LogP contribution in [0.1, 0.15) is 20.8 Å². The van der Waals surface area contributed by atoms with E-state index in [0.717, 1.165) is 12.3 Å². The number of aliphatic hydroxyl groups is 1. The molecule has 0 aromatic rings. The van der Waals surface area contributed by atoms with Crippen LogP contribution in [0.3, 0.4) is 0 Å². The predicted molar refractivity (Wildman–Crippen MR) is 67.9 cm³/mol. The minimum absolute atomic E-state index is 0.110. The normalized spacial score (nSPS) is 11.1. The first kappa shape index (κ1) is 14.0. The smallest absolute Gasteiger partial charge is 0.166 e. The number of thiocarbonyl (C=S) groups is 1. The lowest BCUT2D eigenvalue weighted by Gasteiger charge is -2.18. The molecule has 84 valence electrons. The monoisotopic (exact) mass is 236 g/mol. The summed E-state index contributed by atoms with van der Waals surface area (Å²) in [7, 11) is 0. The average Bonchev–Trinajstić information content (AvgIpc) is 2.07. The first-order valence-corrected chi connectivity index (χ1v) is 6.11. The topological polar surface area (TPSA) is 44.3 Å². The Labute approximate surface area is 96.0 Å². The van der Waals surface area contributed by atoms with Gasteiger partial charge < -0.3 is 15.7 Å². The Morgan fingerprint density at radius 2 is 1.86 bits per heavy atom. The fraction of sp³-hybridized carbons (Fsp3) is 0.889. The molecule has 0 saturated heterocycles. The molecule has 0 aromatic carbocycles. The van der Waals surface area contributed by atoms with E-state index < -0.39 is 0 Å². The second kappa shape index (κ2) is 7.31. The van der Waals surface area contributed by atoms with Gasteiger partial charge in [-0.25, -0.2) is 0 Å².